The Kier molecular flexibility index (Phi) is 1.07. The molecule has 0 bridgehead atoms. The van der Waals surface area contributed by atoms with E-state index in [4.69, 9.17) is 5.11 Å². The second kappa shape index (κ2) is 1.91. The molecule has 1 aromatic heterocycles. The van der Waals surface area contributed by atoms with Crippen LogP contribution in [0.3, 0.4) is 0 Å². The molecule has 50 valence electrons. The number of aromatic nitrogens is 2. The molecule has 10 heavy (non-hydrogen) atoms. The summed E-state index contributed by atoms with van der Waals surface area (Å²) in [6.07, 6.45) is 0. The van der Waals surface area contributed by atoms with Crippen LogP contribution in [-0.2, 0) is 0 Å². The van der Waals surface area contributed by atoms with Crippen LogP contribution in [-0.4, -0.2) is 13.9 Å². The van der Waals surface area contributed by atoms with Crippen molar-refractivity contribution in [1.29, 1.82) is 0 Å². The summed E-state index contributed by atoms with van der Waals surface area (Å²) < 4.78 is 7.85. The van der Waals surface area contributed by atoms with Crippen molar-refractivity contribution < 1.29 is 5.11 Å². The molecule has 1 aromatic carbocycles. The number of aromatic hydroxyl groups is 1. The minimum atomic E-state index is 0.200. The molecule has 0 spiro atoms. The van der Waals surface area contributed by atoms with Gasteiger partial charge in [-0.2, -0.15) is 8.75 Å². The van der Waals surface area contributed by atoms with Crippen molar-refractivity contribution in [3.63, 3.8) is 0 Å². The highest BCUT2D eigenvalue weighted by Gasteiger charge is 2.00. The van der Waals surface area contributed by atoms with E-state index in [0.29, 0.717) is 5.52 Å². The highest BCUT2D eigenvalue weighted by Crippen LogP contribution is 2.20. The fraction of sp³-hybridized carbons (Fsp3) is 0. The molecular formula is C6H4N2OS. The summed E-state index contributed by atoms with van der Waals surface area (Å²) in [7, 11) is 0. The van der Waals surface area contributed by atoms with E-state index in [-0.39, 0.29) is 5.75 Å². The van der Waals surface area contributed by atoms with Crippen LogP contribution in [0.15, 0.2) is 18.2 Å². The van der Waals surface area contributed by atoms with Crippen LogP contribution in [0.4, 0.5) is 0 Å². The highest BCUT2D eigenvalue weighted by atomic mass is 32.1. The van der Waals surface area contributed by atoms with Crippen LogP contribution in [0, 0.1) is 0 Å². The number of hydrogen-bond donors (Lipinski definition) is 1. The van der Waals surface area contributed by atoms with Gasteiger partial charge in [0.05, 0.1) is 11.7 Å². The third-order valence-corrected chi connectivity index (χ3v) is 1.81. The molecule has 1 N–H and O–H groups in total. The number of fused-ring (bicyclic) bond motifs is 1. The van der Waals surface area contributed by atoms with Gasteiger partial charge in [-0.3, -0.25) is 0 Å². The van der Waals surface area contributed by atoms with Gasteiger partial charge in [0.2, 0.25) is 0 Å². The lowest BCUT2D eigenvalue weighted by Crippen LogP contribution is -1.68. The minimum absolute atomic E-state index is 0.200. The zero-order chi connectivity index (χ0) is 6.97. The van der Waals surface area contributed by atoms with E-state index in [1.807, 2.05) is 6.07 Å². The standard InChI is InChI=1S/C6H4N2OS/c9-5-3-1-2-4-6(5)8-10-7-4/h1-3,9H. The van der Waals surface area contributed by atoms with Gasteiger partial charge < -0.3 is 5.11 Å². The smallest absolute Gasteiger partial charge is 0.146 e. The number of phenolic OH excluding ortho intramolecular Hbond substituents is 1. The molecule has 2 rings (SSSR count). The van der Waals surface area contributed by atoms with Crippen LogP contribution >= 0.6 is 11.7 Å². The molecule has 0 aliphatic heterocycles. The molecule has 1 heterocycles. The van der Waals surface area contributed by atoms with E-state index >= 15 is 0 Å². The molecule has 0 saturated heterocycles. The second-order valence-corrected chi connectivity index (χ2v) is 2.44. The largest absolute Gasteiger partial charge is 0.506 e. The molecule has 0 amide bonds. The van der Waals surface area contributed by atoms with Gasteiger partial charge in [0, 0.05) is 0 Å². The average Bonchev–Trinajstić information content (AvgIpc) is 2.36. The van der Waals surface area contributed by atoms with Crippen molar-refractivity contribution in [2.24, 2.45) is 0 Å². The van der Waals surface area contributed by atoms with Crippen LogP contribution in [0.1, 0.15) is 0 Å². The molecule has 0 unspecified atom stereocenters. The normalized spacial score (nSPS) is 10.4. The number of phenols is 1. The lowest BCUT2D eigenvalue weighted by Gasteiger charge is -1.87. The Morgan fingerprint density at radius 1 is 1.30 bits per heavy atom. The summed E-state index contributed by atoms with van der Waals surface area (Å²) in [4.78, 5) is 0. The summed E-state index contributed by atoms with van der Waals surface area (Å²) in [5.41, 5.74) is 1.34. The number of hydrogen-bond acceptors (Lipinski definition) is 4. The topological polar surface area (TPSA) is 46.0 Å². The van der Waals surface area contributed by atoms with E-state index in [1.165, 1.54) is 0 Å². The van der Waals surface area contributed by atoms with Gasteiger partial charge in [0.1, 0.15) is 16.8 Å². The molecular weight excluding hydrogens is 148 g/mol. The van der Waals surface area contributed by atoms with Crippen LogP contribution in [0.5, 0.6) is 5.75 Å². The van der Waals surface area contributed by atoms with Crippen molar-refractivity contribution in [3.05, 3.63) is 18.2 Å². The monoisotopic (exact) mass is 152 g/mol. The molecule has 0 fully saturated rings. The van der Waals surface area contributed by atoms with Crippen LogP contribution in [0.2, 0.25) is 0 Å². The van der Waals surface area contributed by atoms with Crippen LogP contribution < -0.4 is 0 Å². The van der Waals surface area contributed by atoms with Crippen LogP contribution in [0.25, 0.3) is 11.0 Å². The Morgan fingerprint density at radius 3 is 3.00 bits per heavy atom. The SMILES string of the molecule is Oc1cccc2nsnc12. The first-order valence-corrected chi connectivity index (χ1v) is 3.51. The second-order valence-electron chi connectivity index (χ2n) is 1.91. The first-order chi connectivity index (χ1) is 4.88. The Hall–Kier alpha value is -1.16. The molecule has 0 saturated carbocycles. The summed E-state index contributed by atoms with van der Waals surface area (Å²) in [5, 5.41) is 9.16. The van der Waals surface area contributed by atoms with E-state index in [1.54, 1.807) is 12.1 Å². The van der Waals surface area contributed by atoms with Gasteiger partial charge in [0.15, 0.2) is 0 Å². The fourth-order valence-corrected chi connectivity index (χ4v) is 1.34. The third kappa shape index (κ3) is 0.657. The molecule has 4 heteroatoms. The lowest BCUT2D eigenvalue weighted by atomic mass is 10.3. The highest BCUT2D eigenvalue weighted by molar-refractivity contribution is 7.00. The van der Waals surface area contributed by atoms with E-state index < -0.39 is 0 Å². The van der Waals surface area contributed by atoms with Gasteiger partial charge in [-0.15, -0.1) is 0 Å². The van der Waals surface area contributed by atoms with Crippen molar-refractivity contribution in [3.8, 4) is 5.75 Å². The Balaban J connectivity index is 2.95. The lowest BCUT2D eigenvalue weighted by molar-refractivity contribution is 0.480. The van der Waals surface area contributed by atoms with Crippen molar-refractivity contribution in [2.75, 3.05) is 0 Å². The fourth-order valence-electron chi connectivity index (χ4n) is 0.792. The Morgan fingerprint density at radius 2 is 2.20 bits per heavy atom. The number of rotatable bonds is 0. The first-order valence-electron chi connectivity index (χ1n) is 2.78. The molecule has 0 radical (unpaired) electrons. The summed E-state index contributed by atoms with van der Waals surface area (Å²) in [5.74, 6) is 0.200. The number of benzene rings is 1. The Labute approximate surface area is 61.3 Å². The Bertz CT molecular complexity index is 357. The predicted octanol–water partition coefficient (Wildman–Crippen LogP) is 1.40. The maximum absolute atomic E-state index is 9.16. The molecule has 0 aliphatic carbocycles. The molecule has 0 atom stereocenters. The minimum Gasteiger partial charge on any atom is -0.506 e. The summed E-state index contributed by atoms with van der Waals surface area (Å²) in [6.45, 7) is 0. The van der Waals surface area contributed by atoms with E-state index in [2.05, 4.69) is 8.75 Å². The summed E-state index contributed by atoms with van der Waals surface area (Å²) in [6, 6.07) is 5.17. The predicted molar refractivity (Wildman–Crippen MR) is 39.1 cm³/mol. The van der Waals surface area contributed by atoms with Gasteiger partial charge in [-0.1, -0.05) is 6.07 Å². The van der Waals surface area contributed by atoms with E-state index in [0.717, 1.165) is 17.2 Å². The quantitative estimate of drug-likeness (QED) is 0.620. The molecule has 3 nitrogen and oxygen atoms in total. The van der Waals surface area contributed by atoms with E-state index in [9.17, 15) is 0 Å². The van der Waals surface area contributed by atoms with Crippen molar-refractivity contribution in [2.45, 2.75) is 0 Å². The first kappa shape index (κ1) is 5.61. The average molecular weight is 152 g/mol. The van der Waals surface area contributed by atoms with Gasteiger partial charge in [0.25, 0.3) is 0 Å². The third-order valence-electron chi connectivity index (χ3n) is 1.26. The number of nitrogens with zero attached hydrogens (tertiary/aromatic N) is 2. The maximum Gasteiger partial charge on any atom is 0.146 e. The zero-order valence-corrected chi connectivity index (χ0v) is 5.80. The zero-order valence-electron chi connectivity index (χ0n) is 4.98. The van der Waals surface area contributed by atoms with Gasteiger partial charge in [-0.25, -0.2) is 0 Å². The molecule has 0 aliphatic rings. The summed E-state index contributed by atoms with van der Waals surface area (Å²) >= 11 is 1.11. The van der Waals surface area contributed by atoms with Gasteiger partial charge in [-0.05, 0) is 12.1 Å². The molecule has 2 aromatic rings. The maximum atomic E-state index is 9.16. The van der Waals surface area contributed by atoms with Crippen molar-refractivity contribution >= 4 is 22.8 Å². The van der Waals surface area contributed by atoms with Crippen molar-refractivity contribution in [1.82, 2.24) is 8.75 Å². The van der Waals surface area contributed by atoms with Gasteiger partial charge >= 0.3 is 0 Å².